The molecule has 2 heterocycles. The van der Waals surface area contributed by atoms with E-state index in [4.69, 9.17) is 0 Å². The smallest absolute Gasteiger partial charge is 0.186 e. The number of nitrogens with zero attached hydrogens (tertiary/aromatic N) is 4. The highest BCUT2D eigenvalue weighted by molar-refractivity contribution is 9.10. The first-order valence-corrected chi connectivity index (χ1v) is 7.55. The monoisotopic (exact) mass is 318 g/mol. The Kier molecular flexibility index (Phi) is 4.78. The molecular weight excluding hydrogens is 300 g/mol. The average molecular weight is 319 g/mol. The second kappa shape index (κ2) is 6.13. The van der Waals surface area contributed by atoms with Crippen molar-refractivity contribution in [3.63, 3.8) is 0 Å². The lowest BCUT2D eigenvalue weighted by atomic mass is 10.3. The van der Waals surface area contributed by atoms with Crippen LogP contribution in [0.15, 0.2) is 9.98 Å². The van der Waals surface area contributed by atoms with Gasteiger partial charge in [0.1, 0.15) is 4.60 Å². The van der Waals surface area contributed by atoms with Crippen LogP contribution in [0, 0.1) is 0 Å². The van der Waals surface area contributed by atoms with Gasteiger partial charge in [0.2, 0.25) is 0 Å². The molecule has 0 atom stereocenters. The third-order valence-corrected chi connectivity index (χ3v) is 4.58. The minimum Gasteiger partial charge on any atom is -0.345 e. The number of anilines is 1. The average Bonchev–Trinajstić information content (AvgIpc) is 2.74. The summed E-state index contributed by atoms with van der Waals surface area (Å²) in [6.07, 6.45) is 0. The minimum absolute atomic E-state index is 0.951. The van der Waals surface area contributed by atoms with Gasteiger partial charge in [-0.3, -0.25) is 4.90 Å². The Hall–Kier alpha value is -0.170. The molecule has 0 aromatic carbocycles. The second-order valence-corrected chi connectivity index (χ2v) is 6.23. The zero-order valence-electron chi connectivity index (χ0n) is 10.4. The number of hydrogen-bond acceptors (Lipinski definition) is 5. The van der Waals surface area contributed by atoms with Gasteiger partial charge in [-0.1, -0.05) is 0 Å². The molecule has 0 aliphatic carbocycles. The van der Waals surface area contributed by atoms with Crippen molar-refractivity contribution in [2.75, 3.05) is 58.3 Å². The van der Waals surface area contributed by atoms with Gasteiger partial charge in [0, 0.05) is 44.6 Å². The Labute approximate surface area is 115 Å². The SMILES string of the molecule is CN(C)CCN1CCN(c2nc(Br)cs2)CC1. The number of rotatable bonds is 4. The van der Waals surface area contributed by atoms with Crippen LogP contribution in [0.4, 0.5) is 5.13 Å². The predicted molar refractivity (Wildman–Crippen MR) is 77.0 cm³/mol. The Morgan fingerprint density at radius 3 is 2.59 bits per heavy atom. The molecule has 17 heavy (non-hydrogen) atoms. The van der Waals surface area contributed by atoms with Gasteiger partial charge in [-0.2, -0.15) is 0 Å². The molecule has 1 aliphatic heterocycles. The number of hydrogen-bond donors (Lipinski definition) is 0. The summed E-state index contributed by atoms with van der Waals surface area (Å²) in [5.74, 6) is 0. The first-order valence-electron chi connectivity index (χ1n) is 5.88. The van der Waals surface area contributed by atoms with Crippen LogP contribution in [0.1, 0.15) is 0 Å². The van der Waals surface area contributed by atoms with E-state index in [1.165, 1.54) is 6.54 Å². The molecule has 4 nitrogen and oxygen atoms in total. The van der Waals surface area contributed by atoms with Gasteiger partial charge in [-0.15, -0.1) is 11.3 Å². The maximum absolute atomic E-state index is 4.47. The zero-order chi connectivity index (χ0) is 12.3. The predicted octanol–water partition coefficient (Wildman–Crippen LogP) is 1.59. The minimum atomic E-state index is 0.951. The highest BCUT2D eigenvalue weighted by atomic mass is 79.9. The van der Waals surface area contributed by atoms with Crippen LogP contribution >= 0.6 is 27.3 Å². The third-order valence-electron chi connectivity index (χ3n) is 2.97. The zero-order valence-corrected chi connectivity index (χ0v) is 12.8. The summed E-state index contributed by atoms with van der Waals surface area (Å²) in [5, 5.41) is 3.19. The van der Waals surface area contributed by atoms with Gasteiger partial charge in [0.05, 0.1) is 0 Å². The van der Waals surface area contributed by atoms with E-state index in [1.54, 1.807) is 11.3 Å². The third kappa shape index (κ3) is 3.91. The van der Waals surface area contributed by atoms with E-state index in [2.05, 4.69) is 49.7 Å². The van der Waals surface area contributed by atoms with E-state index in [0.717, 1.165) is 42.5 Å². The summed E-state index contributed by atoms with van der Waals surface area (Å²) >= 11 is 5.12. The van der Waals surface area contributed by atoms with Crippen molar-refractivity contribution in [3.05, 3.63) is 9.98 Å². The maximum atomic E-state index is 4.47. The van der Waals surface area contributed by atoms with Crippen molar-refractivity contribution >= 4 is 32.4 Å². The van der Waals surface area contributed by atoms with Gasteiger partial charge >= 0.3 is 0 Å². The van der Waals surface area contributed by atoms with Crippen LogP contribution in [0.5, 0.6) is 0 Å². The number of thiazole rings is 1. The molecule has 1 aromatic heterocycles. The number of piperazine rings is 1. The molecule has 6 heteroatoms. The molecule has 2 rings (SSSR count). The highest BCUT2D eigenvalue weighted by Gasteiger charge is 2.18. The van der Waals surface area contributed by atoms with Crippen LogP contribution < -0.4 is 4.90 Å². The lowest BCUT2D eigenvalue weighted by Gasteiger charge is -2.34. The van der Waals surface area contributed by atoms with E-state index in [9.17, 15) is 0 Å². The number of likely N-dealkylation sites (N-methyl/N-ethyl adjacent to an activating group) is 1. The molecule has 0 saturated carbocycles. The van der Waals surface area contributed by atoms with Crippen LogP contribution in [0.3, 0.4) is 0 Å². The molecule has 1 aromatic rings. The largest absolute Gasteiger partial charge is 0.345 e. The molecule has 96 valence electrons. The standard InChI is InChI=1S/C11H19BrN4S/c1-14(2)3-4-15-5-7-16(8-6-15)11-13-10(12)9-17-11/h9H,3-8H2,1-2H3. The Balaban J connectivity index is 1.78. The Morgan fingerprint density at radius 1 is 1.35 bits per heavy atom. The van der Waals surface area contributed by atoms with Crippen molar-refractivity contribution < 1.29 is 0 Å². The summed E-state index contributed by atoms with van der Waals surface area (Å²) in [6, 6.07) is 0. The van der Waals surface area contributed by atoms with Crippen LogP contribution in [-0.2, 0) is 0 Å². The first-order chi connectivity index (χ1) is 8.15. The van der Waals surface area contributed by atoms with E-state index in [1.807, 2.05) is 5.38 Å². The van der Waals surface area contributed by atoms with E-state index in [0.29, 0.717) is 0 Å². The molecule has 1 aliphatic rings. The lowest BCUT2D eigenvalue weighted by molar-refractivity contribution is 0.229. The summed E-state index contributed by atoms with van der Waals surface area (Å²) < 4.78 is 0.951. The lowest BCUT2D eigenvalue weighted by Crippen LogP contribution is -2.48. The fourth-order valence-electron chi connectivity index (χ4n) is 1.89. The summed E-state index contributed by atoms with van der Waals surface area (Å²) in [5.41, 5.74) is 0. The summed E-state index contributed by atoms with van der Waals surface area (Å²) in [7, 11) is 4.26. The van der Waals surface area contributed by atoms with Crippen LogP contribution in [0.2, 0.25) is 0 Å². The Morgan fingerprint density at radius 2 is 2.06 bits per heavy atom. The quantitative estimate of drug-likeness (QED) is 0.840. The molecular formula is C11H19BrN4S. The van der Waals surface area contributed by atoms with Crippen molar-refractivity contribution in [1.29, 1.82) is 0 Å². The van der Waals surface area contributed by atoms with E-state index >= 15 is 0 Å². The molecule has 0 amide bonds. The fourth-order valence-corrected chi connectivity index (χ4v) is 3.20. The highest BCUT2D eigenvalue weighted by Crippen LogP contribution is 2.24. The van der Waals surface area contributed by atoms with Gasteiger partial charge in [0.15, 0.2) is 5.13 Å². The van der Waals surface area contributed by atoms with E-state index in [-0.39, 0.29) is 0 Å². The van der Waals surface area contributed by atoms with Crippen molar-refractivity contribution in [1.82, 2.24) is 14.8 Å². The van der Waals surface area contributed by atoms with Crippen molar-refractivity contribution in [2.45, 2.75) is 0 Å². The molecule has 0 N–H and O–H groups in total. The first kappa shape index (κ1) is 13.3. The normalized spacial score (nSPS) is 18.0. The van der Waals surface area contributed by atoms with Gasteiger partial charge in [-0.05, 0) is 30.0 Å². The Bertz CT molecular complexity index is 347. The second-order valence-electron chi connectivity index (χ2n) is 4.58. The van der Waals surface area contributed by atoms with E-state index < -0.39 is 0 Å². The summed E-state index contributed by atoms with van der Waals surface area (Å²) in [6.45, 7) is 6.78. The van der Waals surface area contributed by atoms with Gasteiger partial charge < -0.3 is 9.80 Å². The molecule has 1 saturated heterocycles. The topological polar surface area (TPSA) is 22.6 Å². The van der Waals surface area contributed by atoms with Crippen LogP contribution in [0.25, 0.3) is 0 Å². The summed E-state index contributed by atoms with van der Waals surface area (Å²) in [4.78, 5) is 11.6. The van der Waals surface area contributed by atoms with Crippen LogP contribution in [-0.4, -0.2) is 68.1 Å². The molecule has 0 spiro atoms. The number of halogens is 1. The van der Waals surface area contributed by atoms with Gasteiger partial charge in [0.25, 0.3) is 0 Å². The fraction of sp³-hybridized carbons (Fsp3) is 0.727. The maximum Gasteiger partial charge on any atom is 0.186 e. The number of aromatic nitrogens is 1. The molecule has 0 unspecified atom stereocenters. The van der Waals surface area contributed by atoms with Crippen molar-refractivity contribution in [2.24, 2.45) is 0 Å². The molecule has 0 bridgehead atoms. The molecule has 0 radical (unpaired) electrons. The van der Waals surface area contributed by atoms with Crippen molar-refractivity contribution in [3.8, 4) is 0 Å². The van der Waals surface area contributed by atoms with Gasteiger partial charge in [-0.25, -0.2) is 4.98 Å². The molecule has 1 fully saturated rings.